The lowest BCUT2D eigenvalue weighted by atomic mass is 9.98. The van der Waals surface area contributed by atoms with E-state index in [0.29, 0.717) is 5.13 Å². The summed E-state index contributed by atoms with van der Waals surface area (Å²) in [6.07, 6.45) is 2.00. The maximum atomic E-state index is 12.1. The predicted molar refractivity (Wildman–Crippen MR) is 105 cm³/mol. The second-order valence-corrected chi connectivity index (χ2v) is 8.92. The molecule has 1 heterocycles. The number of rotatable bonds is 7. The number of nitriles is 1. The number of amides is 1. The van der Waals surface area contributed by atoms with Crippen LogP contribution >= 0.6 is 23.1 Å². The van der Waals surface area contributed by atoms with Crippen LogP contribution in [-0.4, -0.2) is 27.4 Å². The quantitative estimate of drug-likeness (QED) is 0.702. The van der Waals surface area contributed by atoms with Gasteiger partial charge in [0.1, 0.15) is 5.54 Å². The Kier molecular flexibility index (Phi) is 5.49. The zero-order chi connectivity index (χ0) is 18.7. The van der Waals surface area contributed by atoms with Gasteiger partial charge in [-0.1, -0.05) is 29.2 Å². The molecule has 1 atom stereocenters. The summed E-state index contributed by atoms with van der Waals surface area (Å²) >= 11 is 2.74. The van der Waals surface area contributed by atoms with E-state index in [1.54, 1.807) is 6.92 Å². The Labute approximate surface area is 161 Å². The fourth-order valence-electron chi connectivity index (χ4n) is 2.60. The van der Waals surface area contributed by atoms with Crippen LogP contribution in [0.25, 0.3) is 0 Å². The molecule has 1 fully saturated rings. The van der Waals surface area contributed by atoms with Crippen LogP contribution in [0.4, 0.5) is 10.8 Å². The lowest BCUT2D eigenvalue weighted by Crippen LogP contribution is -2.47. The van der Waals surface area contributed by atoms with Gasteiger partial charge in [0, 0.05) is 5.69 Å². The standard InChI is InChI=1S/C18H21N5OS2/c1-11-4-7-14(8-12(11)2)20-16-22-23-17(26-16)25-9-15(24)21-18(3,10-19)13-5-6-13/h4,7-8,13H,5-6,9H2,1-3H3,(H,20,22)(H,21,24)/t18-/m1/s1. The van der Waals surface area contributed by atoms with Crippen molar-refractivity contribution in [2.45, 2.75) is 43.5 Å². The normalized spacial score (nSPS) is 15.8. The van der Waals surface area contributed by atoms with Gasteiger partial charge >= 0.3 is 0 Å². The van der Waals surface area contributed by atoms with Crippen molar-refractivity contribution in [1.82, 2.24) is 15.5 Å². The molecule has 1 aromatic carbocycles. The van der Waals surface area contributed by atoms with Crippen molar-refractivity contribution >= 4 is 39.8 Å². The number of nitrogens with zero attached hydrogens (tertiary/aromatic N) is 3. The van der Waals surface area contributed by atoms with Crippen LogP contribution in [0.3, 0.4) is 0 Å². The molecule has 1 aliphatic carbocycles. The molecule has 0 bridgehead atoms. The molecule has 0 radical (unpaired) electrons. The molecule has 8 heteroatoms. The Bertz CT molecular complexity index is 856. The van der Waals surface area contributed by atoms with Gasteiger partial charge in [-0.2, -0.15) is 5.26 Å². The minimum absolute atomic E-state index is 0.148. The third-order valence-corrected chi connectivity index (χ3v) is 6.49. The number of thioether (sulfide) groups is 1. The third kappa shape index (κ3) is 4.54. The van der Waals surface area contributed by atoms with E-state index in [2.05, 4.69) is 52.9 Å². The summed E-state index contributed by atoms with van der Waals surface area (Å²) in [5, 5.41) is 24.3. The molecule has 136 valence electrons. The minimum Gasteiger partial charge on any atom is -0.337 e. The van der Waals surface area contributed by atoms with Gasteiger partial charge in [-0.3, -0.25) is 4.79 Å². The van der Waals surface area contributed by atoms with Gasteiger partial charge in [-0.15, -0.1) is 10.2 Å². The highest BCUT2D eigenvalue weighted by Crippen LogP contribution is 2.39. The summed E-state index contributed by atoms with van der Waals surface area (Å²) in [5.74, 6) is 0.351. The molecular weight excluding hydrogens is 366 g/mol. The number of carbonyl (C=O) groups excluding carboxylic acids is 1. The van der Waals surface area contributed by atoms with Crippen molar-refractivity contribution < 1.29 is 4.79 Å². The number of hydrogen-bond acceptors (Lipinski definition) is 7. The third-order valence-electron chi connectivity index (χ3n) is 4.52. The van der Waals surface area contributed by atoms with Crippen molar-refractivity contribution in [3.8, 4) is 6.07 Å². The van der Waals surface area contributed by atoms with Gasteiger partial charge in [0.2, 0.25) is 11.0 Å². The molecule has 1 amide bonds. The largest absolute Gasteiger partial charge is 0.337 e. The maximum Gasteiger partial charge on any atom is 0.231 e. The van der Waals surface area contributed by atoms with Gasteiger partial charge in [0.15, 0.2) is 4.34 Å². The highest BCUT2D eigenvalue weighted by molar-refractivity contribution is 8.01. The molecule has 26 heavy (non-hydrogen) atoms. The van der Waals surface area contributed by atoms with E-state index in [-0.39, 0.29) is 17.6 Å². The SMILES string of the molecule is Cc1ccc(Nc2nnc(SCC(=O)N[C@](C)(C#N)C3CC3)s2)cc1C. The van der Waals surface area contributed by atoms with Crippen molar-refractivity contribution in [2.24, 2.45) is 5.92 Å². The second-order valence-electron chi connectivity index (χ2n) is 6.72. The van der Waals surface area contributed by atoms with Crippen molar-refractivity contribution in [3.05, 3.63) is 29.3 Å². The van der Waals surface area contributed by atoms with Gasteiger partial charge in [0.25, 0.3) is 0 Å². The molecule has 3 rings (SSSR count). The maximum absolute atomic E-state index is 12.1. The average molecular weight is 388 g/mol. The summed E-state index contributed by atoms with van der Waals surface area (Å²) < 4.78 is 0.719. The monoisotopic (exact) mass is 387 g/mol. The highest BCUT2D eigenvalue weighted by Gasteiger charge is 2.42. The lowest BCUT2D eigenvalue weighted by molar-refractivity contribution is -0.119. The summed E-state index contributed by atoms with van der Waals surface area (Å²) in [4.78, 5) is 12.1. The highest BCUT2D eigenvalue weighted by atomic mass is 32.2. The molecule has 1 aromatic heterocycles. The summed E-state index contributed by atoms with van der Waals surface area (Å²) in [6, 6.07) is 8.36. The first kappa shape index (κ1) is 18.7. The Hall–Kier alpha value is -2.11. The van der Waals surface area contributed by atoms with E-state index in [9.17, 15) is 10.1 Å². The van der Waals surface area contributed by atoms with E-state index in [4.69, 9.17) is 0 Å². The van der Waals surface area contributed by atoms with Gasteiger partial charge in [-0.25, -0.2) is 0 Å². The van der Waals surface area contributed by atoms with Crippen molar-refractivity contribution in [1.29, 1.82) is 5.26 Å². The number of aromatic nitrogens is 2. The minimum atomic E-state index is -0.755. The second kappa shape index (κ2) is 7.64. The number of hydrogen-bond donors (Lipinski definition) is 2. The first-order chi connectivity index (χ1) is 12.4. The van der Waals surface area contributed by atoms with Crippen LogP contribution in [-0.2, 0) is 4.79 Å². The molecule has 0 aliphatic heterocycles. The smallest absolute Gasteiger partial charge is 0.231 e. The molecule has 0 saturated heterocycles. The van der Waals surface area contributed by atoms with Crippen LogP contribution in [0.1, 0.15) is 30.9 Å². The Morgan fingerprint density at radius 2 is 2.15 bits per heavy atom. The molecule has 0 spiro atoms. The number of anilines is 2. The first-order valence-electron chi connectivity index (χ1n) is 8.42. The Morgan fingerprint density at radius 3 is 2.81 bits per heavy atom. The van der Waals surface area contributed by atoms with E-state index in [0.717, 1.165) is 22.9 Å². The van der Waals surface area contributed by atoms with Crippen molar-refractivity contribution in [3.63, 3.8) is 0 Å². The fourth-order valence-corrected chi connectivity index (χ4v) is 4.17. The van der Waals surface area contributed by atoms with E-state index < -0.39 is 5.54 Å². The lowest BCUT2D eigenvalue weighted by Gasteiger charge is -2.22. The van der Waals surface area contributed by atoms with Crippen LogP contribution < -0.4 is 10.6 Å². The molecule has 6 nitrogen and oxygen atoms in total. The van der Waals surface area contributed by atoms with Crippen molar-refractivity contribution in [2.75, 3.05) is 11.1 Å². The topological polar surface area (TPSA) is 90.7 Å². The Balaban J connectivity index is 1.52. The summed E-state index contributed by atoms with van der Waals surface area (Å²) in [7, 11) is 0. The average Bonchev–Trinajstić information content (AvgIpc) is 3.38. The molecule has 2 N–H and O–H groups in total. The zero-order valence-corrected chi connectivity index (χ0v) is 16.6. The van der Waals surface area contributed by atoms with Crippen LogP contribution in [0, 0.1) is 31.1 Å². The first-order valence-corrected chi connectivity index (χ1v) is 10.2. The zero-order valence-electron chi connectivity index (χ0n) is 15.0. The number of benzene rings is 1. The number of nitrogens with one attached hydrogen (secondary N) is 2. The van der Waals surface area contributed by atoms with E-state index in [1.165, 1.54) is 34.2 Å². The van der Waals surface area contributed by atoms with Crippen LogP contribution in [0.15, 0.2) is 22.5 Å². The van der Waals surface area contributed by atoms with Gasteiger partial charge in [-0.05, 0) is 62.8 Å². The molecular formula is C18H21N5OS2. The summed E-state index contributed by atoms with van der Waals surface area (Å²) in [6.45, 7) is 5.94. The predicted octanol–water partition coefficient (Wildman–Crippen LogP) is 3.80. The molecule has 1 saturated carbocycles. The number of aryl methyl sites for hydroxylation is 2. The molecule has 1 aliphatic rings. The summed E-state index contributed by atoms with van der Waals surface area (Å²) in [5.41, 5.74) is 2.66. The van der Waals surface area contributed by atoms with Gasteiger partial charge < -0.3 is 10.6 Å². The fraction of sp³-hybridized carbons (Fsp3) is 0.444. The van der Waals surface area contributed by atoms with E-state index in [1.807, 2.05) is 6.07 Å². The Morgan fingerprint density at radius 1 is 1.38 bits per heavy atom. The van der Waals surface area contributed by atoms with Crippen LogP contribution in [0.2, 0.25) is 0 Å². The molecule has 0 unspecified atom stereocenters. The molecule has 2 aromatic rings. The van der Waals surface area contributed by atoms with E-state index >= 15 is 0 Å². The van der Waals surface area contributed by atoms with Gasteiger partial charge in [0.05, 0.1) is 11.8 Å². The number of carbonyl (C=O) groups is 1. The van der Waals surface area contributed by atoms with Crippen LogP contribution in [0.5, 0.6) is 0 Å².